The molecule has 0 spiro atoms. The molecule has 12 heavy (non-hydrogen) atoms. The van der Waals surface area contributed by atoms with Crippen LogP contribution in [0.15, 0.2) is 12.2 Å². The van der Waals surface area contributed by atoms with Gasteiger partial charge >= 0.3 is 0 Å². The molecule has 2 unspecified atom stereocenters. The van der Waals surface area contributed by atoms with Crippen LogP contribution in [-0.2, 0) is 0 Å². The molecule has 2 heteroatoms. The smallest absolute Gasteiger partial charge is 0.0190 e. The summed E-state index contributed by atoms with van der Waals surface area (Å²) < 4.78 is 0. The molecule has 0 amide bonds. The molecule has 2 nitrogen and oxygen atoms in total. The average molecular weight is 168 g/mol. The fraction of sp³-hybridized carbons (Fsp3) is 0.800. The summed E-state index contributed by atoms with van der Waals surface area (Å²) in [5.74, 6) is 0. The van der Waals surface area contributed by atoms with Gasteiger partial charge in [0.2, 0.25) is 0 Å². The van der Waals surface area contributed by atoms with Crippen LogP contribution in [0, 0.1) is 0 Å². The molecule has 1 heterocycles. The van der Waals surface area contributed by atoms with E-state index in [1.165, 1.54) is 5.57 Å². The Bertz CT molecular complexity index is 165. The summed E-state index contributed by atoms with van der Waals surface area (Å²) in [6, 6.07) is 1.05. The zero-order valence-electron chi connectivity index (χ0n) is 8.21. The summed E-state index contributed by atoms with van der Waals surface area (Å²) in [5.41, 5.74) is 7.12. The maximum atomic E-state index is 5.87. The van der Waals surface area contributed by atoms with E-state index in [4.69, 9.17) is 5.73 Å². The number of nitrogens with zero attached hydrogens (tertiary/aromatic N) is 1. The Morgan fingerprint density at radius 3 is 2.83 bits per heavy atom. The van der Waals surface area contributed by atoms with Crippen LogP contribution in [0.5, 0.6) is 0 Å². The lowest BCUT2D eigenvalue weighted by Gasteiger charge is -2.36. The first-order valence-corrected chi connectivity index (χ1v) is 4.73. The monoisotopic (exact) mass is 168 g/mol. The van der Waals surface area contributed by atoms with Gasteiger partial charge in [-0.1, -0.05) is 12.2 Å². The van der Waals surface area contributed by atoms with Crippen molar-refractivity contribution in [2.75, 3.05) is 13.1 Å². The van der Waals surface area contributed by atoms with E-state index in [-0.39, 0.29) is 0 Å². The van der Waals surface area contributed by atoms with E-state index in [1.54, 1.807) is 0 Å². The standard InChI is InChI=1S/C10H20N2/c1-8(2)7-12-5-4-10(11)6-9(12)3/h9-10H,1,4-7,11H2,2-3H3. The molecule has 70 valence electrons. The first-order chi connectivity index (χ1) is 5.59. The molecule has 1 rings (SSSR count). The van der Waals surface area contributed by atoms with Crippen LogP contribution in [-0.4, -0.2) is 30.1 Å². The summed E-state index contributed by atoms with van der Waals surface area (Å²) in [7, 11) is 0. The van der Waals surface area contributed by atoms with Gasteiger partial charge in [0.05, 0.1) is 0 Å². The van der Waals surface area contributed by atoms with E-state index in [0.717, 1.165) is 25.9 Å². The van der Waals surface area contributed by atoms with Crippen molar-refractivity contribution < 1.29 is 0 Å². The zero-order valence-corrected chi connectivity index (χ0v) is 8.21. The third-order valence-corrected chi connectivity index (χ3v) is 2.53. The molecule has 0 saturated carbocycles. The summed E-state index contributed by atoms with van der Waals surface area (Å²) in [4.78, 5) is 2.46. The second-order valence-corrected chi connectivity index (χ2v) is 4.06. The highest BCUT2D eigenvalue weighted by molar-refractivity contribution is 4.95. The van der Waals surface area contributed by atoms with Gasteiger partial charge in [-0.2, -0.15) is 0 Å². The van der Waals surface area contributed by atoms with Gasteiger partial charge in [-0.3, -0.25) is 4.90 Å². The first-order valence-electron chi connectivity index (χ1n) is 4.73. The van der Waals surface area contributed by atoms with Crippen LogP contribution in [0.4, 0.5) is 0 Å². The number of hydrogen-bond donors (Lipinski definition) is 1. The molecule has 1 fully saturated rings. The lowest BCUT2D eigenvalue weighted by atomic mass is 9.99. The van der Waals surface area contributed by atoms with E-state index in [1.807, 2.05) is 0 Å². The van der Waals surface area contributed by atoms with E-state index < -0.39 is 0 Å². The van der Waals surface area contributed by atoms with Crippen molar-refractivity contribution >= 4 is 0 Å². The van der Waals surface area contributed by atoms with Gasteiger partial charge in [-0.15, -0.1) is 0 Å². The maximum absolute atomic E-state index is 5.87. The molecule has 1 aliphatic rings. The Morgan fingerprint density at radius 1 is 1.67 bits per heavy atom. The highest BCUT2D eigenvalue weighted by Gasteiger charge is 2.22. The predicted molar refractivity (Wildman–Crippen MR) is 53.1 cm³/mol. The van der Waals surface area contributed by atoms with Gasteiger partial charge in [-0.05, 0) is 26.7 Å². The van der Waals surface area contributed by atoms with Crippen LogP contribution in [0.25, 0.3) is 0 Å². The van der Waals surface area contributed by atoms with Crippen LogP contribution < -0.4 is 5.73 Å². The molecular weight excluding hydrogens is 148 g/mol. The Hall–Kier alpha value is -0.340. The fourth-order valence-electron chi connectivity index (χ4n) is 1.84. The van der Waals surface area contributed by atoms with Crippen molar-refractivity contribution in [1.82, 2.24) is 4.90 Å². The lowest BCUT2D eigenvalue weighted by Crippen LogP contribution is -2.45. The summed E-state index contributed by atoms with van der Waals surface area (Å²) in [5, 5.41) is 0. The van der Waals surface area contributed by atoms with Crippen molar-refractivity contribution in [3.63, 3.8) is 0 Å². The van der Waals surface area contributed by atoms with Gasteiger partial charge in [0, 0.05) is 25.2 Å². The topological polar surface area (TPSA) is 29.3 Å². The van der Waals surface area contributed by atoms with E-state index >= 15 is 0 Å². The van der Waals surface area contributed by atoms with Crippen LogP contribution in [0.3, 0.4) is 0 Å². The second kappa shape index (κ2) is 4.06. The van der Waals surface area contributed by atoms with E-state index in [2.05, 4.69) is 25.3 Å². The van der Waals surface area contributed by atoms with Crippen molar-refractivity contribution in [2.45, 2.75) is 38.8 Å². The highest BCUT2D eigenvalue weighted by atomic mass is 15.2. The third-order valence-electron chi connectivity index (χ3n) is 2.53. The summed E-state index contributed by atoms with van der Waals surface area (Å²) in [6.45, 7) is 10.4. The second-order valence-electron chi connectivity index (χ2n) is 4.06. The van der Waals surface area contributed by atoms with Crippen LogP contribution >= 0.6 is 0 Å². The molecule has 0 radical (unpaired) electrons. The Morgan fingerprint density at radius 2 is 2.33 bits per heavy atom. The lowest BCUT2D eigenvalue weighted by molar-refractivity contribution is 0.161. The molecule has 0 aromatic rings. The van der Waals surface area contributed by atoms with Gasteiger partial charge in [0.25, 0.3) is 0 Å². The van der Waals surface area contributed by atoms with E-state index in [0.29, 0.717) is 12.1 Å². The van der Waals surface area contributed by atoms with E-state index in [9.17, 15) is 0 Å². The SMILES string of the molecule is C=C(C)CN1CCC(N)CC1C. The predicted octanol–water partition coefficient (Wildman–Crippen LogP) is 1.37. The van der Waals surface area contributed by atoms with Crippen LogP contribution in [0.1, 0.15) is 26.7 Å². The first kappa shape index (κ1) is 9.75. The third kappa shape index (κ3) is 2.61. The normalized spacial score (nSPS) is 31.9. The summed E-state index contributed by atoms with van der Waals surface area (Å²) >= 11 is 0. The highest BCUT2D eigenvalue weighted by Crippen LogP contribution is 2.16. The number of rotatable bonds is 2. The Kier molecular flexibility index (Phi) is 3.29. The minimum atomic E-state index is 0.418. The quantitative estimate of drug-likeness (QED) is 0.631. The van der Waals surface area contributed by atoms with Crippen LogP contribution in [0.2, 0.25) is 0 Å². The Balaban J connectivity index is 2.39. The molecule has 1 saturated heterocycles. The Labute approximate surface area is 75.4 Å². The van der Waals surface area contributed by atoms with Crippen molar-refractivity contribution in [1.29, 1.82) is 0 Å². The largest absolute Gasteiger partial charge is 0.328 e. The van der Waals surface area contributed by atoms with Crippen molar-refractivity contribution in [2.24, 2.45) is 5.73 Å². The molecule has 0 aromatic carbocycles. The number of likely N-dealkylation sites (tertiary alicyclic amines) is 1. The summed E-state index contributed by atoms with van der Waals surface area (Å²) in [6.07, 6.45) is 2.27. The van der Waals surface area contributed by atoms with Gasteiger partial charge < -0.3 is 5.73 Å². The van der Waals surface area contributed by atoms with Gasteiger partial charge in [0.1, 0.15) is 0 Å². The average Bonchev–Trinajstić information content (AvgIpc) is 1.94. The molecule has 2 atom stereocenters. The zero-order chi connectivity index (χ0) is 9.14. The molecular formula is C10H20N2. The van der Waals surface area contributed by atoms with Crippen molar-refractivity contribution in [3.05, 3.63) is 12.2 Å². The van der Waals surface area contributed by atoms with Gasteiger partial charge in [-0.25, -0.2) is 0 Å². The molecule has 0 aliphatic carbocycles. The molecule has 2 N–H and O–H groups in total. The molecule has 0 bridgehead atoms. The molecule has 1 aliphatic heterocycles. The fourth-order valence-corrected chi connectivity index (χ4v) is 1.84. The molecule has 0 aromatic heterocycles. The number of hydrogen-bond acceptors (Lipinski definition) is 2. The van der Waals surface area contributed by atoms with Crippen molar-refractivity contribution in [3.8, 4) is 0 Å². The number of piperidine rings is 1. The number of nitrogens with two attached hydrogens (primary N) is 1. The minimum Gasteiger partial charge on any atom is -0.328 e. The maximum Gasteiger partial charge on any atom is 0.0190 e. The van der Waals surface area contributed by atoms with Gasteiger partial charge in [0.15, 0.2) is 0 Å². The minimum absolute atomic E-state index is 0.418.